The van der Waals surface area contributed by atoms with Crippen LogP contribution in [0.5, 0.6) is 0 Å². The van der Waals surface area contributed by atoms with Crippen LogP contribution in [0.2, 0.25) is 0 Å². The molecule has 1 heterocycles. The van der Waals surface area contributed by atoms with Crippen molar-refractivity contribution in [3.63, 3.8) is 0 Å². The zero-order valence-electron chi connectivity index (χ0n) is 9.93. The second-order valence-corrected chi connectivity index (χ2v) is 3.49. The summed E-state index contributed by atoms with van der Waals surface area (Å²) < 4.78 is 4.51. The van der Waals surface area contributed by atoms with Crippen molar-refractivity contribution < 1.29 is 19.2 Å². The number of hydrogen-bond donors (Lipinski definition) is 2. The molecule has 1 amide bonds. The van der Waals surface area contributed by atoms with Crippen LogP contribution in [-0.2, 0) is 9.53 Å². The number of carbonyl (C=O) groups is 2. The summed E-state index contributed by atoms with van der Waals surface area (Å²) in [6.07, 6.45) is 1.47. The van der Waals surface area contributed by atoms with E-state index in [2.05, 4.69) is 15.0 Å². The molecule has 0 fully saturated rings. The molecule has 1 atom stereocenters. The third-order valence-corrected chi connectivity index (χ3v) is 2.32. The minimum absolute atomic E-state index is 0.0176. The molecule has 0 aliphatic rings. The SMILES string of the molecule is CCC(NC(=O)c1cc([N+](=O)[O-])c[nH]1)C(=O)OC. The van der Waals surface area contributed by atoms with E-state index in [1.165, 1.54) is 7.11 Å². The number of aromatic nitrogens is 1. The maximum absolute atomic E-state index is 11.7. The predicted octanol–water partition coefficient (Wildman–Crippen LogP) is 0.604. The van der Waals surface area contributed by atoms with Crippen molar-refractivity contribution in [3.8, 4) is 0 Å². The van der Waals surface area contributed by atoms with Gasteiger partial charge in [-0.3, -0.25) is 14.9 Å². The van der Waals surface area contributed by atoms with Gasteiger partial charge in [0.2, 0.25) is 0 Å². The minimum Gasteiger partial charge on any atom is -0.467 e. The Morgan fingerprint density at radius 1 is 1.61 bits per heavy atom. The highest BCUT2D eigenvalue weighted by Crippen LogP contribution is 2.12. The Bertz CT molecular complexity index is 468. The van der Waals surface area contributed by atoms with Crippen molar-refractivity contribution in [1.82, 2.24) is 10.3 Å². The molecule has 1 aromatic heterocycles. The molecule has 0 saturated heterocycles. The number of nitrogens with zero attached hydrogens (tertiary/aromatic N) is 1. The molecule has 2 N–H and O–H groups in total. The molecule has 0 aromatic carbocycles. The first-order valence-corrected chi connectivity index (χ1v) is 5.21. The van der Waals surface area contributed by atoms with E-state index in [1.54, 1.807) is 6.92 Å². The van der Waals surface area contributed by atoms with Crippen LogP contribution in [0.1, 0.15) is 23.8 Å². The van der Waals surface area contributed by atoms with Crippen LogP contribution in [0.4, 0.5) is 5.69 Å². The van der Waals surface area contributed by atoms with Gasteiger partial charge in [0.1, 0.15) is 11.7 Å². The van der Waals surface area contributed by atoms with Crippen LogP contribution in [0.3, 0.4) is 0 Å². The molecule has 1 rings (SSSR count). The van der Waals surface area contributed by atoms with Crippen molar-refractivity contribution in [1.29, 1.82) is 0 Å². The molecule has 8 nitrogen and oxygen atoms in total. The number of aromatic amines is 1. The van der Waals surface area contributed by atoms with E-state index in [-0.39, 0.29) is 11.4 Å². The van der Waals surface area contributed by atoms with Crippen LogP contribution >= 0.6 is 0 Å². The Balaban J connectivity index is 2.74. The van der Waals surface area contributed by atoms with Gasteiger partial charge in [0, 0.05) is 6.07 Å². The lowest BCUT2D eigenvalue weighted by Gasteiger charge is -2.13. The Morgan fingerprint density at radius 2 is 2.28 bits per heavy atom. The summed E-state index contributed by atoms with van der Waals surface area (Å²) in [5.41, 5.74) is -0.199. The number of carbonyl (C=O) groups excluding carboxylic acids is 2. The number of esters is 1. The zero-order valence-corrected chi connectivity index (χ0v) is 9.93. The molecular weight excluding hydrogens is 242 g/mol. The Hall–Kier alpha value is -2.38. The topological polar surface area (TPSA) is 114 Å². The van der Waals surface area contributed by atoms with Gasteiger partial charge in [0.05, 0.1) is 18.2 Å². The van der Waals surface area contributed by atoms with Gasteiger partial charge in [-0.1, -0.05) is 6.92 Å². The van der Waals surface area contributed by atoms with E-state index in [1.807, 2.05) is 0 Å². The largest absolute Gasteiger partial charge is 0.467 e. The van der Waals surface area contributed by atoms with E-state index in [0.29, 0.717) is 6.42 Å². The second kappa shape index (κ2) is 5.80. The number of nitro groups is 1. The lowest BCUT2D eigenvalue weighted by atomic mass is 10.2. The number of methoxy groups -OCH3 is 1. The summed E-state index contributed by atoms with van der Waals surface area (Å²) in [6.45, 7) is 1.71. The number of nitrogens with one attached hydrogen (secondary N) is 2. The first-order valence-electron chi connectivity index (χ1n) is 5.21. The van der Waals surface area contributed by atoms with Crippen molar-refractivity contribution in [3.05, 3.63) is 28.1 Å². The molecule has 8 heteroatoms. The molecule has 18 heavy (non-hydrogen) atoms. The van der Waals surface area contributed by atoms with E-state index >= 15 is 0 Å². The quantitative estimate of drug-likeness (QED) is 0.454. The normalized spacial score (nSPS) is 11.7. The summed E-state index contributed by atoms with van der Waals surface area (Å²) in [6, 6.07) is 0.323. The highest BCUT2D eigenvalue weighted by Gasteiger charge is 2.22. The number of hydrogen-bond acceptors (Lipinski definition) is 5. The van der Waals surface area contributed by atoms with Crippen LogP contribution < -0.4 is 5.32 Å². The number of H-pyrrole nitrogens is 1. The first kappa shape index (κ1) is 13.7. The van der Waals surface area contributed by atoms with Gasteiger partial charge >= 0.3 is 5.97 Å². The van der Waals surface area contributed by atoms with Crippen molar-refractivity contribution in [2.45, 2.75) is 19.4 Å². The lowest BCUT2D eigenvalue weighted by Crippen LogP contribution is -2.41. The van der Waals surface area contributed by atoms with Gasteiger partial charge in [0.25, 0.3) is 11.6 Å². The van der Waals surface area contributed by atoms with Gasteiger partial charge in [-0.25, -0.2) is 4.79 Å². The molecule has 0 bridgehead atoms. The van der Waals surface area contributed by atoms with Crippen molar-refractivity contribution in [2.75, 3.05) is 7.11 Å². The van der Waals surface area contributed by atoms with E-state index in [9.17, 15) is 19.7 Å². The third kappa shape index (κ3) is 3.06. The van der Waals surface area contributed by atoms with E-state index < -0.39 is 22.8 Å². The lowest BCUT2D eigenvalue weighted by molar-refractivity contribution is -0.384. The fourth-order valence-electron chi connectivity index (χ4n) is 1.33. The summed E-state index contributed by atoms with van der Waals surface area (Å²) in [4.78, 5) is 35.3. The van der Waals surface area contributed by atoms with Gasteiger partial charge in [0.15, 0.2) is 0 Å². The van der Waals surface area contributed by atoms with Crippen LogP contribution in [0.15, 0.2) is 12.3 Å². The molecule has 0 spiro atoms. The van der Waals surface area contributed by atoms with E-state index in [0.717, 1.165) is 12.3 Å². The maximum Gasteiger partial charge on any atom is 0.328 e. The van der Waals surface area contributed by atoms with Crippen molar-refractivity contribution >= 4 is 17.6 Å². The number of ether oxygens (including phenoxy) is 1. The van der Waals surface area contributed by atoms with Gasteiger partial charge in [-0.05, 0) is 6.42 Å². The molecule has 0 aliphatic heterocycles. The molecule has 0 saturated carbocycles. The second-order valence-electron chi connectivity index (χ2n) is 3.49. The monoisotopic (exact) mass is 255 g/mol. The number of amides is 1. The molecule has 1 aromatic rings. The predicted molar refractivity (Wildman–Crippen MR) is 61.0 cm³/mol. The summed E-state index contributed by atoms with van der Waals surface area (Å²) in [5, 5.41) is 12.9. The molecule has 0 radical (unpaired) electrons. The molecular formula is C10H13N3O5. The van der Waals surface area contributed by atoms with Gasteiger partial charge < -0.3 is 15.0 Å². The van der Waals surface area contributed by atoms with Gasteiger partial charge in [-0.2, -0.15) is 0 Å². The fraction of sp³-hybridized carbons (Fsp3) is 0.400. The Morgan fingerprint density at radius 3 is 2.72 bits per heavy atom. The van der Waals surface area contributed by atoms with Gasteiger partial charge in [-0.15, -0.1) is 0 Å². The zero-order chi connectivity index (χ0) is 13.7. The number of rotatable bonds is 5. The molecule has 98 valence electrons. The highest BCUT2D eigenvalue weighted by molar-refractivity contribution is 5.95. The smallest absolute Gasteiger partial charge is 0.328 e. The third-order valence-electron chi connectivity index (χ3n) is 2.32. The Labute approximate surface area is 102 Å². The highest BCUT2D eigenvalue weighted by atomic mass is 16.6. The molecule has 0 aliphatic carbocycles. The van der Waals surface area contributed by atoms with Crippen LogP contribution in [0.25, 0.3) is 0 Å². The maximum atomic E-state index is 11.7. The van der Waals surface area contributed by atoms with Crippen molar-refractivity contribution in [2.24, 2.45) is 0 Å². The standard InChI is InChI=1S/C10H13N3O5/c1-3-7(10(15)18-2)12-9(14)8-4-6(5-11-8)13(16)17/h4-5,7,11H,3H2,1-2H3,(H,12,14). The summed E-state index contributed by atoms with van der Waals surface area (Å²) in [7, 11) is 1.22. The summed E-state index contributed by atoms with van der Waals surface area (Å²) in [5.74, 6) is -1.16. The van der Waals surface area contributed by atoms with Crippen LogP contribution in [-0.4, -0.2) is 34.9 Å². The van der Waals surface area contributed by atoms with E-state index in [4.69, 9.17) is 0 Å². The average Bonchev–Trinajstić information content (AvgIpc) is 2.84. The summed E-state index contributed by atoms with van der Waals surface area (Å²) >= 11 is 0. The Kier molecular flexibility index (Phi) is 4.41. The minimum atomic E-state index is -0.773. The fourth-order valence-corrected chi connectivity index (χ4v) is 1.33. The average molecular weight is 255 g/mol. The van der Waals surface area contributed by atoms with Crippen LogP contribution in [0, 0.1) is 10.1 Å². The first-order chi connectivity index (χ1) is 8.49. The molecule has 1 unspecified atom stereocenters.